The van der Waals surface area contributed by atoms with E-state index in [4.69, 9.17) is 0 Å². The number of carbonyl (C=O) groups excluding carboxylic acids is 1. The van der Waals surface area contributed by atoms with Crippen LogP contribution in [0.15, 0.2) is 60.8 Å². The molecule has 1 fully saturated rings. The number of benzene rings is 2. The Morgan fingerprint density at radius 2 is 1.57 bits per heavy atom. The van der Waals surface area contributed by atoms with Gasteiger partial charge in [0.1, 0.15) is 0 Å². The molecule has 7 heteroatoms. The number of rotatable bonds is 4. The van der Waals surface area contributed by atoms with Gasteiger partial charge in [-0.2, -0.15) is 4.31 Å². The first-order valence-corrected chi connectivity index (χ1v) is 11.1. The maximum absolute atomic E-state index is 13.2. The first-order valence-electron chi connectivity index (χ1n) is 9.30. The fourth-order valence-corrected chi connectivity index (χ4v) is 4.55. The fraction of sp³-hybridized carbons (Fsp3) is 0.286. The van der Waals surface area contributed by atoms with E-state index in [2.05, 4.69) is 16.7 Å². The number of amides is 1. The lowest BCUT2D eigenvalue weighted by molar-refractivity contribution is 0.0700. The van der Waals surface area contributed by atoms with Crippen LogP contribution in [0.5, 0.6) is 0 Å². The van der Waals surface area contributed by atoms with Gasteiger partial charge in [0, 0.05) is 49.8 Å². The molecule has 0 radical (unpaired) electrons. The number of fused-ring (bicyclic) bond motifs is 1. The molecule has 0 bridgehead atoms. The summed E-state index contributed by atoms with van der Waals surface area (Å²) in [5.74, 6) is -0.0452. The lowest BCUT2D eigenvalue weighted by Crippen LogP contribution is -2.50. The Kier molecular flexibility index (Phi) is 4.95. The molecule has 1 aliphatic heterocycles. The highest BCUT2D eigenvalue weighted by atomic mass is 32.2. The first kappa shape index (κ1) is 18.7. The van der Waals surface area contributed by atoms with Crippen molar-refractivity contribution in [3.05, 3.63) is 71.9 Å². The summed E-state index contributed by atoms with van der Waals surface area (Å²) in [5.41, 5.74) is 2.85. The number of piperazine rings is 1. The van der Waals surface area contributed by atoms with Gasteiger partial charge in [0.15, 0.2) is 0 Å². The number of hydrogen-bond acceptors (Lipinski definition) is 3. The minimum atomic E-state index is -3.21. The summed E-state index contributed by atoms with van der Waals surface area (Å²) in [5, 5.41) is 0.925. The molecular weight excluding hydrogens is 374 g/mol. The average molecular weight is 398 g/mol. The summed E-state index contributed by atoms with van der Waals surface area (Å²) >= 11 is 0. The molecule has 0 saturated carbocycles. The highest BCUT2D eigenvalue weighted by Crippen LogP contribution is 2.24. The SMILES string of the molecule is CS(=O)(=O)N1CCN(C(=O)c2cn(Cc3ccccc3)c3ccccc23)CC1. The normalized spacial score (nSPS) is 15.8. The predicted octanol–water partition coefficient (Wildman–Crippen LogP) is 2.41. The molecule has 1 aromatic heterocycles. The largest absolute Gasteiger partial charge is 0.342 e. The van der Waals surface area contributed by atoms with E-state index in [1.165, 1.54) is 16.1 Å². The van der Waals surface area contributed by atoms with Gasteiger partial charge in [0.2, 0.25) is 10.0 Å². The van der Waals surface area contributed by atoms with E-state index in [1.807, 2.05) is 48.7 Å². The number of carbonyl (C=O) groups is 1. The van der Waals surface area contributed by atoms with Crippen LogP contribution in [0.1, 0.15) is 15.9 Å². The zero-order valence-corrected chi connectivity index (χ0v) is 16.6. The Balaban J connectivity index is 1.61. The topological polar surface area (TPSA) is 62.6 Å². The predicted molar refractivity (Wildman–Crippen MR) is 110 cm³/mol. The third kappa shape index (κ3) is 3.68. The maximum atomic E-state index is 13.2. The number of para-hydroxylation sites is 1. The minimum absolute atomic E-state index is 0.0452. The minimum Gasteiger partial charge on any atom is -0.342 e. The molecular formula is C21H23N3O3S. The van der Waals surface area contributed by atoms with Crippen molar-refractivity contribution in [1.29, 1.82) is 0 Å². The van der Waals surface area contributed by atoms with Gasteiger partial charge >= 0.3 is 0 Å². The van der Waals surface area contributed by atoms with Crippen molar-refractivity contribution >= 4 is 26.8 Å². The highest BCUT2D eigenvalue weighted by Gasteiger charge is 2.28. The van der Waals surface area contributed by atoms with Crippen LogP contribution in [0.3, 0.4) is 0 Å². The van der Waals surface area contributed by atoms with Crippen molar-refractivity contribution in [3.8, 4) is 0 Å². The molecule has 6 nitrogen and oxygen atoms in total. The van der Waals surface area contributed by atoms with Crippen molar-refractivity contribution in [1.82, 2.24) is 13.8 Å². The highest BCUT2D eigenvalue weighted by molar-refractivity contribution is 7.88. The van der Waals surface area contributed by atoms with E-state index in [0.29, 0.717) is 38.3 Å². The zero-order valence-electron chi connectivity index (χ0n) is 15.8. The monoisotopic (exact) mass is 397 g/mol. The van der Waals surface area contributed by atoms with Crippen molar-refractivity contribution in [2.24, 2.45) is 0 Å². The molecule has 2 aromatic carbocycles. The van der Waals surface area contributed by atoms with Gasteiger partial charge < -0.3 is 9.47 Å². The molecule has 1 amide bonds. The molecule has 1 saturated heterocycles. The van der Waals surface area contributed by atoms with E-state index >= 15 is 0 Å². The third-order valence-electron chi connectivity index (χ3n) is 5.21. The molecule has 146 valence electrons. The van der Waals surface area contributed by atoms with Gasteiger partial charge in [-0.25, -0.2) is 8.42 Å². The molecule has 4 rings (SSSR count). The van der Waals surface area contributed by atoms with Gasteiger partial charge in [-0.1, -0.05) is 48.5 Å². The molecule has 0 atom stereocenters. The Hall–Kier alpha value is -2.64. The Morgan fingerprint density at radius 3 is 2.25 bits per heavy atom. The van der Waals surface area contributed by atoms with Gasteiger partial charge in [-0.3, -0.25) is 4.79 Å². The van der Waals surface area contributed by atoms with Gasteiger partial charge in [0.05, 0.1) is 11.8 Å². The van der Waals surface area contributed by atoms with E-state index in [9.17, 15) is 13.2 Å². The smallest absolute Gasteiger partial charge is 0.256 e. The van der Waals surface area contributed by atoms with E-state index in [-0.39, 0.29) is 5.91 Å². The van der Waals surface area contributed by atoms with Gasteiger partial charge in [0.25, 0.3) is 5.91 Å². The maximum Gasteiger partial charge on any atom is 0.256 e. The summed E-state index contributed by atoms with van der Waals surface area (Å²) in [6.07, 6.45) is 3.13. The number of aromatic nitrogens is 1. The van der Waals surface area contributed by atoms with Gasteiger partial charge in [-0.15, -0.1) is 0 Å². The number of hydrogen-bond donors (Lipinski definition) is 0. The fourth-order valence-electron chi connectivity index (χ4n) is 3.72. The Labute approximate surface area is 165 Å². The summed E-state index contributed by atoms with van der Waals surface area (Å²) in [4.78, 5) is 14.9. The van der Waals surface area contributed by atoms with Crippen LogP contribution in [-0.2, 0) is 16.6 Å². The van der Waals surface area contributed by atoms with E-state index in [0.717, 1.165) is 10.9 Å². The zero-order chi connectivity index (χ0) is 19.7. The molecule has 28 heavy (non-hydrogen) atoms. The average Bonchev–Trinajstić information content (AvgIpc) is 3.06. The van der Waals surface area contributed by atoms with Crippen LogP contribution in [0.2, 0.25) is 0 Å². The second-order valence-electron chi connectivity index (χ2n) is 7.13. The standard InChI is InChI=1S/C21H23N3O3S/c1-28(26,27)24-13-11-22(12-14-24)21(25)19-16-23(15-17-7-3-2-4-8-17)20-10-6-5-9-18(19)20/h2-10,16H,11-15H2,1H3. The second-order valence-corrected chi connectivity index (χ2v) is 9.11. The van der Waals surface area contributed by atoms with Crippen molar-refractivity contribution in [2.75, 3.05) is 32.4 Å². The summed E-state index contributed by atoms with van der Waals surface area (Å²) in [7, 11) is -3.21. The summed E-state index contributed by atoms with van der Waals surface area (Å²) in [6, 6.07) is 18.1. The number of nitrogens with zero attached hydrogens (tertiary/aromatic N) is 3. The molecule has 0 N–H and O–H groups in total. The van der Waals surface area contributed by atoms with Crippen molar-refractivity contribution in [2.45, 2.75) is 6.54 Å². The van der Waals surface area contributed by atoms with Gasteiger partial charge in [-0.05, 0) is 11.6 Å². The lowest BCUT2D eigenvalue weighted by atomic mass is 10.1. The lowest BCUT2D eigenvalue weighted by Gasteiger charge is -2.33. The van der Waals surface area contributed by atoms with Crippen LogP contribution in [0.4, 0.5) is 0 Å². The molecule has 2 heterocycles. The molecule has 0 unspecified atom stereocenters. The van der Waals surface area contributed by atoms with Crippen molar-refractivity contribution in [3.63, 3.8) is 0 Å². The van der Waals surface area contributed by atoms with Crippen molar-refractivity contribution < 1.29 is 13.2 Å². The summed E-state index contributed by atoms with van der Waals surface area (Å²) in [6.45, 7) is 2.19. The third-order valence-corrected chi connectivity index (χ3v) is 6.51. The van der Waals surface area contributed by atoms with E-state index < -0.39 is 10.0 Å². The van der Waals surface area contributed by atoms with Crippen LogP contribution >= 0.6 is 0 Å². The molecule has 3 aromatic rings. The second kappa shape index (κ2) is 7.41. The first-order chi connectivity index (χ1) is 13.4. The van der Waals surface area contributed by atoms with Crippen LogP contribution in [-0.4, -0.2) is 60.5 Å². The molecule has 0 aliphatic carbocycles. The van der Waals surface area contributed by atoms with Crippen LogP contribution in [0.25, 0.3) is 10.9 Å². The van der Waals surface area contributed by atoms with E-state index in [1.54, 1.807) is 4.90 Å². The Bertz CT molecular complexity index is 1100. The summed E-state index contributed by atoms with van der Waals surface area (Å²) < 4.78 is 26.9. The van der Waals surface area contributed by atoms with Crippen LogP contribution < -0.4 is 0 Å². The Morgan fingerprint density at radius 1 is 0.929 bits per heavy atom. The molecule has 0 spiro atoms. The quantitative estimate of drug-likeness (QED) is 0.679. The van der Waals surface area contributed by atoms with Crippen LogP contribution in [0, 0.1) is 0 Å². The molecule has 1 aliphatic rings. The number of sulfonamides is 1.